The summed E-state index contributed by atoms with van der Waals surface area (Å²) in [5, 5.41) is 3.35. The maximum absolute atomic E-state index is 10.9. The zero-order valence-corrected chi connectivity index (χ0v) is 11.5. The summed E-state index contributed by atoms with van der Waals surface area (Å²) in [5.41, 5.74) is 7.16. The molecule has 4 N–H and O–H groups in total. The lowest BCUT2D eigenvalue weighted by Gasteiger charge is -2.02. The van der Waals surface area contributed by atoms with Crippen LogP contribution in [0.4, 0.5) is 5.95 Å². The maximum atomic E-state index is 10.9. The first-order valence-electron chi connectivity index (χ1n) is 5.99. The molecule has 1 heterocycles. The van der Waals surface area contributed by atoms with Crippen molar-refractivity contribution in [3.05, 3.63) is 23.9 Å². The molecule has 20 heavy (non-hydrogen) atoms. The van der Waals surface area contributed by atoms with Crippen molar-refractivity contribution in [1.29, 1.82) is 0 Å². The second-order valence-electron chi connectivity index (χ2n) is 4.24. The lowest BCUT2D eigenvalue weighted by atomic mass is 10.2. The van der Waals surface area contributed by atoms with Crippen molar-refractivity contribution in [3.63, 3.8) is 0 Å². The van der Waals surface area contributed by atoms with E-state index in [-0.39, 0.29) is 11.9 Å². The van der Waals surface area contributed by atoms with Gasteiger partial charge in [0.05, 0.1) is 12.8 Å². The molecule has 0 bridgehead atoms. The third-order valence-corrected chi connectivity index (χ3v) is 2.65. The molecular weight excluding hydrogens is 258 g/mol. The van der Waals surface area contributed by atoms with Crippen molar-refractivity contribution in [2.75, 3.05) is 7.11 Å². The van der Waals surface area contributed by atoms with Crippen LogP contribution >= 0.6 is 0 Å². The molecule has 7 nitrogen and oxygen atoms in total. The summed E-state index contributed by atoms with van der Waals surface area (Å²) < 4.78 is 5.17. The summed E-state index contributed by atoms with van der Waals surface area (Å²) in [6.07, 6.45) is 0. The summed E-state index contributed by atoms with van der Waals surface area (Å²) in [6.45, 7) is 3.24. The Labute approximate surface area is 115 Å². The van der Waals surface area contributed by atoms with Gasteiger partial charge in [0.15, 0.2) is 0 Å². The standard InChI is InChI=1S/C13H15N5O2/c1-7-10-5-4-9(20-3)6-11(10)17-13(15-7)18-12(14)16-8(2)19/h4-6H,1-3H3,(H3,14,15,16,17,18,19)/p+1. The van der Waals surface area contributed by atoms with E-state index in [0.29, 0.717) is 11.7 Å². The Morgan fingerprint density at radius 3 is 2.80 bits per heavy atom. The first-order valence-corrected chi connectivity index (χ1v) is 5.99. The zero-order chi connectivity index (χ0) is 14.7. The summed E-state index contributed by atoms with van der Waals surface area (Å²) in [5.74, 6) is 0.836. The largest absolute Gasteiger partial charge is 0.497 e. The van der Waals surface area contributed by atoms with Crippen molar-refractivity contribution in [2.45, 2.75) is 13.8 Å². The van der Waals surface area contributed by atoms with E-state index in [2.05, 4.69) is 20.3 Å². The van der Waals surface area contributed by atoms with Crippen LogP contribution in [0.2, 0.25) is 0 Å². The molecule has 0 spiro atoms. The highest BCUT2D eigenvalue weighted by Gasteiger charge is 2.10. The number of aryl methyl sites for hydroxylation is 1. The van der Waals surface area contributed by atoms with Gasteiger partial charge in [-0.2, -0.15) is 0 Å². The molecule has 2 rings (SSSR count). The van der Waals surface area contributed by atoms with Crippen LogP contribution < -0.4 is 20.8 Å². The molecule has 2 aromatic rings. The van der Waals surface area contributed by atoms with E-state index in [1.807, 2.05) is 25.1 Å². The van der Waals surface area contributed by atoms with E-state index in [1.54, 1.807) is 7.11 Å². The Morgan fingerprint density at radius 1 is 1.40 bits per heavy atom. The molecule has 104 valence electrons. The van der Waals surface area contributed by atoms with Crippen LogP contribution in [0.5, 0.6) is 5.75 Å². The van der Waals surface area contributed by atoms with Crippen LogP contribution in [-0.2, 0) is 4.79 Å². The van der Waals surface area contributed by atoms with Crippen LogP contribution in [0.25, 0.3) is 10.9 Å². The van der Waals surface area contributed by atoms with Gasteiger partial charge in [0, 0.05) is 18.4 Å². The highest BCUT2D eigenvalue weighted by atomic mass is 16.5. The smallest absolute Gasteiger partial charge is 0.354 e. The zero-order valence-electron chi connectivity index (χ0n) is 11.5. The second kappa shape index (κ2) is 5.52. The number of nitrogens with one attached hydrogen (secondary N) is 2. The SMILES string of the molecule is COc1ccc2c(C)nc(/[NH+]=C(\N)NC(C)=O)nc2c1. The fraction of sp³-hybridized carbons (Fsp3) is 0.231. The highest BCUT2D eigenvalue weighted by Crippen LogP contribution is 2.21. The molecule has 0 atom stereocenters. The van der Waals surface area contributed by atoms with Crippen molar-refractivity contribution in [1.82, 2.24) is 15.3 Å². The molecule has 0 radical (unpaired) electrons. The summed E-state index contributed by atoms with van der Waals surface area (Å²) >= 11 is 0. The Bertz CT molecular complexity index is 696. The van der Waals surface area contributed by atoms with Gasteiger partial charge in [-0.3, -0.25) is 4.79 Å². The van der Waals surface area contributed by atoms with Gasteiger partial charge in [0.25, 0.3) is 11.9 Å². The molecule has 7 heteroatoms. The molecule has 0 unspecified atom stereocenters. The van der Waals surface area contributed by atoms with E-state index in [1.165, 1.54) is 6.92 Å². The van der Waals surface area contributed by atoms with Crippen LogP contribution in [0.1, 0.15) is 12.6 Å². The number of guanidine groups is 1. The van der Waals surface area contributed by atoms with Crippen molar-refractivity contribution in [3.8, 4) is 5.75 Å². The Morgan fingerprint density at radius 2 is 2.15 bits per heavy atom. The van der Waals surface area contributed by atoms with Gasteiger partial charge < -0.3 is 10.5 Å². The minimum atomic E-state index is -0.269. The number of hydrogen-bond donors (Lipinski definition) is 3. The fourth-order valence-electron chi connectivity index (χ4n) is 1.79. The van der Waals surface area contributed by atoms with Crippen LogP contribution in [0.15, 0.2) is 18.2 Å². The number of ether oxygens (including phenoxy) is 1. The fourth-order valence-corrected chi connectivity index (χ4v) is 1.79. The third kappa shape index (κ3) is 3.00. The molecule has 0 saturated carbocycles. The van der Waals surface area contributed by atoms with E-state index in [4.69, 9.17) is 10.5 Å². The predicted molar refractivity (Wildman–Crippen MR) is 74.5 cm³/mol. The minimum absolute atomic E-state index is 0.0825. The quantitative estimate of drug-likeness (QED) is 0.487. The van der Waals surface area contributed by atoms with Crippen LogP contribution in [-0.4, -0.2) is 28.9 Å². The van der Waals surface area contributed by atoms with Gasteiger partial charge in [-0.15, -0.1) is 9.97 Å². The highest BCUT2D eigenvalue weighted by molar-refractivity contribution is 5.92. The van der Waals surface area contributed by atoms with E-state index in [0.717, 1.165) is 16.6 Å². The topological polar surface area (TPSA) is 104 Å². The monoisotopic (exact) mass is 274 g/mol. The number of amides is 1. The molecule has 0 aliphatic carbocycles. The molecule has 0 saturated heterocycles. The van der Waals surface area contributed by atoms with Gasteiger partial charge >= 0.3 is 5.95 Å². The first kappa shape index (κ1) is 13.7. The van der Waals surface area contributed by atoms with Gasteiger partial charge in [0.2, 0.25) is 0 Å². The van der Waals surface area contributed by atoms with Gasteiger partial charge in [-0.1, -0.05) is 0 Å². The molecule has 1 aromatic carbocycles. The average molecular weight is 274 g/mol. The number of fused-ring (bicyclic) bond motifs is 1. The minimum Gasteiger partial charge on any atom is -0.497 e. The molecule has 0 fully saturated rings. The van der Waals surface area contributed by atoms with E-state index < -0.39 is 0 Å². The molecule has 1 aromatic heterocycles. The lowest BCUT2D eigenvalue weighted by molar-refractivity contribution is -0.367. The number of nitrogens with zero attached hydrogens (tertiary/aromatic N) is 2. The van der Waals surface area contributed by atoms with E-state index in [9.17, 15) is 4.79 Å². The van der Waals surface area contributed by atoms with Crippen molar-refractivity contribution < 1.29 is 14.5 Å². The summed E-state index contributed by atoms with van der Waals surface area (Å²) in [4.78, 5) is 22.3. The average Bonchev–Trinajstić information content (AvgIpc) is 2.36. The number of carbonyl (C=O) groups is 1. The summed E-state index contributed by atoms with van der Waals surface area (Å²) in [6, 6.07) is 5.56. The molecule has 1 amide bonds. The second-order valence-corrected chi connectivity index (χ2v) is 4.24. The van der Waals surface area contributed by atoms with E-state index >= 15 is 0 Å². The van der Waals surface area contributed by atoms with Crippen molar-refractivity contribution >= 4 is 28.7 Å². The van der Waals surface area contributed by atoms with Gasteiger partial charge in [-0.25, -0.2) is 10.3 Å². The third-order valence-electron chi connectivity index (χ3n) is 2.65. The molecule has 0 aliphatic rings. The van der Waals surface area contributed by atoms with Gasteiger partial charge in [-0.05, 0) is 19.1 Å². The Kier molecular flexibility index (Phi) is 3.79. The molecule has 0 aliphatic heterocycles. The first-order chi connectivity index (χ1) is 9.49. The number of hydrogen-bond acceptors (Lipinski definition) is 4. The number of nitrogens with two attached hydrogens (primary N) is 1. The van der Waals surface area contributed by atoms with Crippen LogP contribution in [0, 0.1) is 6.92 Å². The normalized spacial score (nSPS) is 11.4. The maximum Gasteiger partial charge on any atom is 0.354 e. The van der Waals surface area contributed by atoms with Crippen LogP contribution in [0.3, 0.4) is 0 Å². The summed E-state index contributed by atoms with van der Waals surface area (Å²) in [7, 11) is 1.59. The Balaban J connectivity index is 2.47. The number of carbonyl (C=O) groups excluding carboxylic acids is 1. The molecular formula is C13H16N5O2+. The van der Waals surface area contributed by atoms with Crippen molar-refractivity contribution in [2.24, 2.45) is 5.73 Å². The Hall–Kier alpha value is -2.70. The number of aromatic nitrogens is 2. The lowest BCUT2D eigenvalue weighted by Crippen LogP contribution is -2.74. The van der Waals surface area contributed by atoms with Gasteiger partial charge in [0.1, 0.15) is 11.3 Å². The number of rotatable bonds is 2. The number of methoxy groups -OCH3 is 1. The number of benzene rings is 1. The predicted octanol–water partition coefficient (Wildman–Crippen LogP) is -0.890.